The van der Waals surface area contributed by atoms with Crippen LogP contribution in [0.15, 0.2) is 51.6 Å². The Morgan fingerprint density at radius 2 is 1.95 bits per heavy atom. The molecular weight excluding hydrogens is 336 g/mol. The summed E-state index contributed by atoms with van der Waals surface area (Å²) in [6.45, 7) is 1.93. The topological polar surface area (TPSA) is 71.3 Å². The van der Waals surface area contributed by atoms with Crippen LogP contribution in [0.2, 0.25) is 0 Å². The number of furan rings is 1. The second-order valence-corrected chi connectivity index (χ2v) is 5.41. The van der Waals surface area contributed by atoms with Crippen molar-refractivity contribution in [1.82, 2.24) is 10.6 Å². The van der Waals surface area contributed by atoms with E-state index in [2.05, 4.69) is 26.6 Å². The van der Waals surface area contributed by atoms with Crippen LogP contribution in [0.5, 0.6) is 0 Å². The average Bonchev–Trinajstić information content (AvgIpc) is 2.98. The molecule has 110 valence electrons. The molecule has 2 amide bonds. The van der Waals surface area contributed by atoms with Gasteiger partial charge in [-0.2, -0.15) is 0 Å². The highest BCUT2D eigenvalue weighted by Crippen LogP contribution is 2.10. The Kier molecular flexibility index (Phi) is 5.16. The van der Waals surface area contributed by atoms with E-state index in [9.17, 15) is 9.59 Å². The first-order chi connectivity index (χ1) is 10.1. The van der Waals surface area contributed by atoms with Crippen molar-refractivity contribution in [2.24, 2.45) is 0 Å². The lowest BCUT2D eigenvalue weighted by Gasteiger charge is -2.13. The Morgan fingerprint density at radius 3 is 2.57 bits per heavy atom. The summed E-state index contributed by atoms with van der Waals surface area (Å²) in [6, 6.07) is 9.81. The number of hydrogen-bond acceptors (Lipinski definition) is 3. The van der Waals surface area contributed by atoms with Crippen LogP contribution in [-0.4, -0.2) is 17.9 Å². The molecule has 2 rings (SSSR count). The standard InChI is InChI=1S/C15H15BrN2O3/c1-10(14(19)17-9-13-3-2-8-21-13)18-15(20)11-4-6-12(16)7-5-11/h2-8,10H,9H2,1H3,(H,17,19)(H,18,20)/t10-/m0/s1. The van der Waals surface area contributed by atoms with E-state index in [4.69, 9.17) is 4.42 Å². The minimum Gasteiger partial charge on any atom is -0.467 e. The molecule has 5 nitrogen and oxygen atoms in total. The number of carbonyl (C=O) groups excluding carboxylic acids is 2. The minimum atomic E-state index is -0.629. The second-order valence-electron chi connectivity index (χ2n) is 4.50. The van der Waals surface area contributed by atoms with Crippen LogP contribution in [0.3, 0.4) is 0 Å². The van der Waals surface area contributed by atoms with E-state index in [1.807, 2.05) is 0 Å². The van der Waals surface area contributed by atoms with E-state index < -0.39 is 6.04 Å². The molecule has 0 aliphatic carbocycles. The molecule has 1 heterocycles. The fourth-order valence-corrected chi connectivity index (χ4v) is 1.95. The molecule has 6 heteroatoms. The molecule has 1 aromatic carbocycles. The largest absolute Gasteiger partial charge is 0.467 e. The van der Waals surface area contributed by atoms with Crippen molar-refractivity contribution in [1.29, 1.82) is 0 Å². The van der Waals surface area contributed by atoms with Gasteiger partial charge in [0, 0.05) is 10.0 Å². The Balaban J connectivity index is 1.85. The zero-order valence-corrected chi connectivity index (χ0v) is 13.0. The van der Waals surface area contributed by atoms with Gasteiger partial charge in [-0.05, 0) is 43.3 Å². The maximum absolute atomic E-state index is 12.0. The summed E-state index contributed by atoms with van der Waals surface area (Å²) in [4.78, 5) is 23.9. The Bertz CT molecular complexity index is 608. The van der Waals surface area contributed by atoms with Crippen LogP contribution < -0.4 is 10.6 Å². The quantitative estimate of drug-likeness (QED) is 0.869. The molecule has 0 fully saturated rings. The van der Waals surface area contributed by atoms with E-state index in [1.165, 1.54) is 0 Å². The monoisotopic (exact) mass is 350 g/mol. The predicted molar refractivity (Wildman–Crippen MR) is 81.6 cm³/mol. The van der Waals surface area contributed by atoms with E-state index >= 15 is 0 Å². The third-order valence-electron chi connectivity index (χ3n) is 2.86. The lowest BCUT2D eigenvalue weighted by atomic mass is 10.2. The van der Waals surface area contributed by atoms with Gasteiger partial charge in [-0.3, -0.25) is 9.59 Å². The molecule has 21 heavy (non-hydrogen) atoms. The molecule has 0 saturated carbocycles. The van der Waals surface area contributed by atoms with Crippen LogP contribution in [-0.2, 0) is 11.3 Å². The summed E-state index contributed by atoms with van der Waals surface area (Å²) in [5, 5.41) is 5.34. The Morgan fingerprint density at radius 1 is 1.24 bits per heavy atom. The van der Waals surface area contributed by atoms with Crippen molar-refractivity contribution in [2.45, 2.75) is 19.5 Å². The summed E-state index contributed by atoms with van der Waals surface area (Å²) in [6.07, 6.45) is 1.54. The summed E-state index contributed by atoms with van der Waals surface area (Å²) in [5.74, 6) is 0.106. The molecule has 0 aliphatic rings. The van der Waals surface area contributed by atoms with Crippen molar-refractivity contribution in [3.63, 3.8) is 0 Å². The summed E-state index contributed by atoms with van der Waals surface area (Å²) >= 11 is 3.30. The van der Waals surface area contributed by atoms with Gasteiger partial charge in [-0.15, -0.1) is 0 Å². The lowest BCUT2D eigenvalue weighted by molar-refractivity contribution is -0.122. The third-order valence-corrected chi connectivity index (χ3v) is 3.39. The molecule has 2 N–H and O–H groups in total. The van der Waals surface area contributed by atoms with Crippen LogP contribution in [0.4, 0.5) is 0 Å². The number of benzene rings is 1. The highest BCUT2D eigenvalue weighted by Gasteiger charge is 2.16. The molecule has 2 aromatic rings. The van der Waals surface area contributed by atoms with Gasteiger partial charge < -0.3 is 15.1 Å². The van der Waals surface area contributed by atoms with E-state index in [0.717, 1.165) is 4.47 Å². The van der Waals surface area contributed by atoms with Crippen LogP contribution >= 0.6 is 15.9 Å². The van der Waals surface area contributed by atoms with E-state index in [-0.39, 0.29) is 11.8 Å². The number of nitrogens with one attached hydrogen (secondary N) is 2. The molecule has 0 unspecified atom stereocenters. The van der Waals surface area contributed by atoms with Gasteiger partial charge in [0.2, 0.25) is 5.91 Å². The smallest absolute Gasteiger partial charge is 0.251 e. The molecule has 0 spiro atoms. The molecule has 1 atom stereocenters. The van der Waals surface area contributed by atoms with Gasteiger partial charge in [-0.25, -0.2) is 0 Å². The predicted octanol–water partition coefficient (Wildman–Crippen LogP) is 2.48. The fraction of sp³-hybridized carbons (Fsp3) is 0.200. The normalized spacial score (nSPS) is 11.7. The van der Waals surface area contributed by atoms with Gasteiger partial charge >= 0.3 is 0 Å². The van der Waals surface area contributed by atoms with Crippen LogP contribution in [0.25, 0.3) is 0 Å². The first kappa shape index (κ1) is 15.3. The Labute approximate surface area is 130 Å². The molecular formula is C15H15BrN2O3. The minimum absolute atomic E-state index is 0.267. The zero-order chi connectivity index (χ0) is 15.2. The number of carbonyl (C=O) groups is 2. The zero-order valence-electron chi connectivity index (χ0n) is 11.4. The van der Waals surface area contributed by atoms with Gasteiger partial charge in [0.15, 0.2) is 0 Å². The van der Waals surface area contributed by atoms with Crippen molar-refractivity contribution in [3.05, 3.63) is 58.5 Å². The van der Waals surface area contributed by atoms with Crippen molar-refractivity contribution < 1.29 is 14.0 Å². The lowest BCUT2D eigenvalue weighted by Crippen LogP contribution is -2.44. The number of halogens is 1. The van der Waals surface area contributed by atoms with Crippen molar-refractivity contribution in [2.75, 3.05) is 0 Å². The summed E-state index contributed by atoms with van der Waals surface area (Å²) in [5.41, 5.74) is 0.504. The van der Waals surface area contributed by atoms with Crippen LogP contribution in [0, 0.1) is 0 Å². The maximum Gasteiger partial charge on any atom is 0.251 e. The van der Waals surface area contributed by atoms with Gasteiger partial charge in [-0.1, -0.05) is 15.9 Å². The average molecular weight is 351 g/mol. The molecule has 0 saturated heterocycles. The van der Waals surface area contributed by atoms with Gasteiger partial charge in [0.25, 0.3) is 5.91 Å². The summed E-state index contributed by atoms with van der Waals surface area (Å²) < 4.78 is 6.01. The van der Waals surface area contributed by atoms with E-state index in [1.54, 1.807) is 49.6 Å². The molecule has 0 bridgehead atoms. The van der Waals surface area contributed by atoms with Crippen molar-refractivity contribution >= 4 is 27.7 Å². The van der Waals surface area contributed by atoms with Crippen molar-refractivity contribution in [3.8, 4) is 0 Å². The molecule has 0 aliphatic heterocycles. The fourth-order valence-electron chi connectivity index (χ4n) is 1.69. The second kappa shape index (κ2) is 7.08. The Hall–Kier alpha value is -2.08. The number of hydrogen-bond donors (Lipinski definition) is 2. The van der Waals surface area contributed by atoms with Gasteiger partial charge in [0.1, 0.15) is 11.8 Å². The number of rotatable bonds is 5. The third kappa shape index (κ3) is 4.46. The first-order valence-corrected chi connectivity index (χ1v) is 7.22. The first-order valence-electron chi connectivity index (χ1n) is 6.43. The molecule has 1 aromatic heterocycles. The highest BCUT2D eigenvalue weighted by atomic mass is 79.9. The SMILES string of the molecule is C[C@H](NC(=O)c1ccc(Br)cc1)C(=O)NCc1ccco1. The maximum atomic E-state index is 12.0. The van der Waals surface area contributed by atoms with E-state index in [0.29, 0.717) is 17.9 Å². The van der Waals surface area contributed by atoms with Gasteiger partial charge in [0.05, 0.1) is 12.8 Å². The van der Waals surface area contributed by atoms with Crippen LogP contribution in [0.1, 0.15) is 23.0 Å². The highest BCUT2D eigenvalue weighted by molar-refractivity contribution is 9.10. The number of amides is 2. The molecule has 0 radical (unpaired) electrons. The summed E-state index contributed by atoms with van der Waals surface area (Å²) in [7, 11) is 0.